The number of fused-ring (bicyclic) bond motifs is 1. The lowest BCUT2D eigenvalue weighted by Gasteiger charge is -2.07. The molecule has 0 amide bonds. The first-order valence-corrected chi connectivity index (χ1v) is 6.38. The average molecular weight is 280 g/mol. The Morgan fingerprint density at radius 1 is 1.14 bits per heavy atom. The summed E-state index contributed by atoms with van der Waals surface area (Å²) >= 11 is 0. The summed E-state index contributed by atoms with van der Waals surface area (Å²) < 4.78 is 5.60. The van der Waals surface area contributed by atoms with Crippen molar-refractivity contribution in [2.24, 2.45) is 0 Å². The highest BCUT2D eigenvalue weighted by molar-refractivity contribution is 5.85. The lowest BCUT2D eigenvalue weighted by atomic mass is 10.1. The molecule has 104 valence electrons. The standard InChI is InChI=1S/C16H12N2O3/c19-16(20)15-6-4-13(9-18-15)21-10-11-3-5-14-12(8-11)2-1-7-17-14/h1-9H,10H2,(H,19,20). The molecule has 0 atom stereocenters. The van der Waals surface area contributed by atoms with E-state index in [1.54, 1.807) is 12.3 Å². The first-order valence-electron chi connectivity index (χ1n) is 6.38. The second kappa shape index (κ2) is 5.58. The molecule has 3 rings (SSSR count). The van der Waals surface area contributed by atoms with E-state index in [1.165, 1.54) is 12.3 Å². The molecule has 0 bridgehead atoms. The first kappa shape index (κ1) is 13.1. The lowest BCUT2D eigenvalue weighted by Crippen LogP contribution is -2.01. The Balaban J connectivity index is 1.72. The van der Waals surface area contributed by atoms with Crippen LogP contribution >= 0.6 is 0 Å². The number of hydrogen-bond acceptors (Lipinski definition) is 4. The van der Waals surface area contributed by atoms with Crippen LogP contribution < -0.4 is 4.74 Å². The molecule has 5 heteroatoms. The number of hydrogen-bond donors (Lipinski definition) is 1. The topological polar surface area (TPSA) is 72.3 Å². The quantitative estimate of drug-likeness (QED) is 0.795. The van der Waals surface area contributed by atoms with Gasteiger partial charge in [0.15, 0.2) is 0 Å². The molecule has 1 aromatic carbocycles. The number of carboxylic acids is 1. The van der Waals surface area contributed by atoms with Crippen molar-refractivity contribution in [1.82, 2.24) is 9.97 Å². The summed E-state index contributed by atoms with van der Waals surface area (Å²) in [6, 6.07) is 12.8. The highest BCUT2D eigenvalue weighted by Gasteiger charge is 2.04. The molecule has 3 aromatic rings. The minimum atomic E-state index is -1.05. The molecule has 5 nitrogen and oxygen atoms in total. The van der Waals surface area contributed by atoms with Crippen molar-refractivity contribution >= 4 is 16.9 Å². The summed E-state index contributed by atoms with van der Waals surface area (Å²) in [5.74, 6) is -0.519. The molecule has 0 aliphatic heterocycles. The minimum Gasteiger partial charge on any atom is -0.487 e. The van der Waals surface area contributed by atoms with Crippen LogP contribution in [-0.4, -0.2) is 21.0 Å². The zero-order valence-corrected chi connectivity index (χ0v) is 11.1. The third-order valence-corrected chi connectivity index (χ3v) is 3.03. The molecule has 0 radical (unpaired) electrons. The predicted molar refractivity (Wildman–Crippen MR) is 77.3 cm³/mol. The SMILES string of the molecule is O=C(O)c1ccc(OCc2ccc3ncccc3c2)cn1. The Bertz CT molecular complexity index is 785. The molecule has 0 saturated heterocycles. The van der Waals surface area contributed by atoms with Gasteiger partial charge in [-0.1, -0.05) is 12.1 Å². The van der Waals surface area contributed by atoms with Crippen LogP contribution in [0.2, 0.25) is 0 Å². The number of rotatable bonds is 4. The number of nitrogens with zero attached hydrogens (tertiary/aromatic N) is 2. The number of ether oxygens (including phenoxy) is 1. The van der Waals surface area contributed by atoms with Gasteiger partial charge in [0.2, 0.25) is 0 Å². The largest absolute Gasteiger partial charge is 0.487 e. The average Bonchev–Trinajstić information content (AvgIpc) is 2.53. The van der Waals surface area contributed by atoms with E-state index in [9.17, 15) is 4.79 Å². The molecule has 0 spiro atoms. The van der Waals surface area contributed by atoms with E-state index in [0.717, 1.165) is 16.5 Å². The first-order chi connectivity index (χ1) is 10.2. The van der Waals surface area contributed by atoms with Crippen LogP contribution in [0.5, 0.6) is 5.75 Å². The van der Waals surface area contributed by atoms with E-state index < -0.39 is 5.97 Å². The van der Waals surface area contributed by atoms with Crippen LogP contribution in [0.1, 0.15) is 16.1 Å². The van der Waals surface area contributed by atoms with Gasteiger partial charge < -0.3 is 9.84 Å². The van der Waals surface area contributed by atoms with Crippen molar-refractivity contribution in [2.75, 3.05) is 0 Å². The Morgan fingerprint density at radius 2 is 2.05 bits per heavy atom. The van der Waals surface area contributed by atoms with E-state index in [2.05, 4.69) is 9.97 Å². The van der Waals surface area contributed by atoms with Crippen LogP contribution in [0.25, 0.3) is 10.9 Å². The smallest absolute Gasteiger partial charge is 0.354 e. The van der Waals surface area contributed by atoms with Crippen molar-refractivity contribution in [3.63, 3.8) is 0 Å². The van der Waals surface area contributed by atoms with Crippen LogP contribution in [0.4, 0.5) is 0 Å². The molecular weight excluding hydrogens is 268 g/mol. The zero-order chi connectivity index (χ0) is 14.7. The van der Waals surface area contributed by atoms with Gasteiger partial charge in [-0.05, 0) is 35.9 Å². The summed E-state index contributed by atoms with van der Waals surface area (Å²) in [5.41, 5.74) is 1.95. The maximum absolute atomic E-state index is 10.7. The van der Waals surface area contributed by atoms with Gasteiger partial charge in [0.25, 0.3) is 0 Å². The summed E-state index contributed by atoms with van der Waals surface area (Å²) in [4.78, 5) is 18.8. The van der Waals surface area contributed by atoms with Crippen LogP contribution in [0.15, 0.2) is 54.9 Å². The number of carboxylic acid groups (broad SMARTS) is 1. The van der Waals surface area contributed by atoms with Gasteiger partial charge in [0, 0.05) is 11.6 Å². The summed E-state index contributed by atoms with van der Waals surface area (Å²) in [5, 5.41) is 9.83. The van der Waals surface area contributed by atoms with Gasteiger partial charge in [-0.3, -0.25) is 4.98 Å². The second-order valence-corrected chi connectivity index (χ2v) is 4.50. The third-order valence-electron chi connectivity index (χ3n) is 3.03. The number of aromatic nitrogens is 2. The van der Waals surface area contributed by atoms with E-state index in [-0.39, 0.29) is 5.69 Å². The number of benzene rings is 1. The Hall–Kier alpha value is -2.95. The molecule has 0 saturated carbocycles. The van der Waals surface area contributed by atoms with Gasteiger partial charge >= 0.3 is 5.97 Å². The maximum atomic E-state index is 10.7. The summed E-state index contributed by atoms with van der Waals surface area (Å²) in [7, 11) is 0. The van der Waals surface area contributed by atoms with Crippen molar-refractivity contribution < 1.29 is 14.6 Å². The zero-order valence-electron chi connectivity index (χ0n) is 11.1. The third kappa shape index (κ3) is 2.97. The number of pyridine rings is 2. The number of carbonyl (C=O) groups is 1. The van der Waals surface area contributed by atoms with Gasteiger partial charge in [-0.2, -0.15) is 0 Å². The lowest BCUT2D eigenvalue weighted by molar-refractivity contribution is 0.0690. The van der Waals surface area contributed by atoms with Gasteiger partial charge in [0.05, 0.1) is 11.7 Å². The molecule has 21 heavy (non-hydrogen) atoms. The second-order valence-electron chi connectivity index (χ2n) is 4.50. The van der Waals surface area contributed by atoms with E-state index in [1.807, 2.05) is 30.3 Å². The molecule has 0 aliphatic rings. The van der Waals surface area contributed by atoms with Gasteiger partial charge in [-0.25, -0.2) is 9.78 Å². The summed E-state index contributed by atoms with van der Waals surface area (Å²) in [6.45, 7) is 0.388. The fourth-order valence-corrected chi connectivity index (χ4v) is 1.97. The predicted octanol–water partition coefficient (Wildman–Crippen LogP) is 2.91. The molecule has 0 fully saturated rings. The Labute approximate surface area is 120 Å². The molecule has 0 unspecified atom stereocenters. The van der Waals surface area contributed by atoms with Crippen molar-refractivity contribution in [2.45, 2.75) is 6.61 Å². The fourth-order valence-electron chi connectivity index (χ4n) is 1.97. The molecule has 0 aliphatic carbocycles. The highest BCUT2D eigenvalue weighted by atomic mass is 16.5. The van der Waals surface area contributed by atoms with Crippen molar-refractivity contribution in [3.8, 4) is 5.75 Å². The van der Waals surface area contributed by atoms with E-state index >= 15 is 0 Å². The van der Waals surface area contributed by atoms with Crippen LogP contribution in [0.3, 0.4) is 0 Å². The maximum Gasteiger partial charge on any atom is 0.354 e. The van der Waals surface area contributed by atoms with Crippen LogP contribution in [-0.2, 0) is 6.61 Å². The minimum absolute atomic E-state index is 0.000806. The molecule has 2 heterocycles. The Morgan fingerprint density at radius 3 is 2.81 bits per heavy atom. The summed E-state index contributed by atoms with van der Waals surface area (Å²) in [6.07, 6.45) is 3.17. The van der Waals surface area contributed by atoms with Crippen molar-refractivity contribution in [1.29, 1.82) is 0 Å². The van der Waals surface area contributed by atoms with Crippen molar-refractivity contribution in [3.05, 3.63) is 66.1 Å². The number of aromatic carboxylic acids is 1. The fraction of sp³-hybridized carbons (Fsp3) is 0.0625. The molecular formula is C16H12N2O3. The van der Waals surface area contributed by atoms with Gasteiger partial charge in [-0.15, -0.1) is 0 Å². The highest BCUT2D eigenvalue weighted by Crippen LogP contribution is 2.16. The van der Waals surface area contributed by atoms with Gasteiger partial charge in [0.1, 0.15) is 18.1 Å². The molecule has 2 aromatic heterocycles. The normalized spacial score (nSPS) is 10.5. The van der Waals surface area contributed by atoms with Crippen LogP contribution in [0, 0.1) is 0 Å². The monoisotopic (exact) mass is 280 g/mol. The Kier molecular flexibility index (Phi) is 3.47. The van der Waals surface area contributed by atoms with E-state index in [4.69, 9.17) is 9.84 Å². The molecule has 1 N–H and O–H groups in total. The van der Waals surface area contributed by atoms with E-state index in [0.29, 0.717) is 12.4 Å².